The molecular weight excluding hydrogens is 384 g/mol. The van der Waals surface area contributed by atoms with E-state index < -0.39 is 28.8 Å². The molecule has 0 spiro atoms. The van der Waals surface area contributed by atoms with Gasteiger partial charge in [-0.05, 0) is 24.5 Å². The summed E-state index contributed by atoms with van der Waals surface area (Å²) in [5.41, 5.74) is 0.218. The third kappa shape index (κ3) is 4.14. The summed E-state index contributed by atoms with van der Waals surface area (Å²) in [6.45, 7) is -0.458. The Kier molecular flexibility index (Phi) is 5.94. The molecule has 2 aromatic rings. The van der Waals surface area contributed by atoms with E-state index in [9.17, 15) is 19.7 Å². The molecule has 1 fully saturated rings. The van der Waals surface area contributed by atoms with Gasteiger partial charge in [-0.1, -0.05) is 54.8 Å². The maximum absolute atomic E-state index is 12.8. The molecular formula is C20H19ClN2O5. The Balaban J connectivity index is 1.64. The Morgan fingerprint density at radius 1 is 1.14 bits per heavy atom. The third-order valence-electron chi connectivity index (χ3n) is 4.95. The fourth-order valence-electron chi connectivity index (χ4n) is 3.52. The minimum atomic E-state index is -0.716. The lowest BCUT2D eigenvalue weighted by molar-refractivity contribution is -0.384. The van der Waals surface area contributed by atoms with Crippen molar-refractivity contribution >= 4 is 34.9 Å². The number of nitro groups is 1. The van der Waals surface area contributed by atoms with E-state index >= 15 is 0 Å². The second-order valence-electron chi connectivity index (χ2n) is 6.70. The summed E-state index contributed by atoms with van der Waals surface area (Å²) in [5, 5.41) is 13.3. The van der Waals surface area contributed by atoms with Gasteiger partial charge in [0, 0.05) is 12.1 Å². The Labute approximate surface area is 166 Å². The number of nitrogens with one attached hydrogen (secondary N) is 1. The summed E-state index contributed by atoms with van der Waals surface area (Å²) in [7, 11) is 0. The van der Waals surface area contributed by atoms with Crippen LogP contribution in [0.4, 0.5) is 11.4 Å². The number of anilines is 1. The number of halogens is 1. The average molecular weight is 403 g/mol. The molecule has 1 aliphatic rings. The van der Waals surface area contributed by atoms with E-state index in [1.807, 2.05) is 30.3 Å². The molecule has 7 nitrogen and oxygen atoms in total. The van der Waals surface area contributed by atoms with E-state index in [-0.39, 0.29) is 16.4 Å². The zero-order valence-electron chi connectivity index (χ0n) is 15.0. The number of rotatable bonds is 6. The number of carbonyl (C=O) groups excluding carboxylic acids is 2. The molecule has 8 heteroatoms. The van der Waals surface area contributed by atoms with Crippen molar-refractivity contribution in [3.63, 3.8) is 0 Å². The molecule has 0 saturated heterocycles. The Bertz CT molecular complexity index is 895. The van der Waals surface area contributed by atoms with Crippen LogP contribution in [0.1, 0.15) is 31.2 Å². The first-order valence-electron chi connectivity index (χ1n) is 8.89. The van der Waals surface area contributed by atoms with Crippen LogP contribution in [0.15, 0.2) is 48.5 Å². The highest BCUT2D eigenvalue weighted by Gasteiger charge is 2.44. The fourth-order valence-corrected chi connectivity index (χ4v) is 3.74. The molecule has 0 unspecified atom stereocenters. The summed E-state index contributed by atoms with van der Waals surface area (Å²) in [5.74, 6) is -0.980. The first-order chi connectivity index (χ1) is 13.4. The van der Waals surface area contributed by atoms with Gasteiger partial charge in [-0.25, -0.2) is 0 Å². The molecule has 0 atom stereocenters. The molecule has 0 bridgehead atoms. The molecule has 1 saturated carbocycles. The Morgan fingerprint density at radius 3 is 2.43 bits per heavy atom. The van der Waals surface area contributed by atoms with E-state index in [1.165, 1.54) is 12.1 Å². The number of esters is 1. The van der Waals surface area contributed by atoms with Crippen LogP contribution < -0.4 is 5.32 Å². The van der Waals surface area contributed by atoms with E-state index in [0.29, 0.717) is 12.8 Å². The molecule has 1 aliphatic carbocycles. The molecule has 0 heterocycles. The van der Waals surface area contributed by atoms with Gasteiger partial charge in [0.2, 0.25) is 0 Å². The number of ether oxygens (including phenoxy) is 1. The maximum Gasteiger partial charge on any atom is 0.317 e. The van der Waals surface area contributed by atoms with Crippen molar-refractivity contribution in [1.82, 2.24) is 0 Å². The molecule has 3 rings (SSSR count). The molecule has 0 aromatic heterocycles. The van der Waals surface area contributed by atoms with Crippen LogP contribution in [-0.2, 0) is 19.7 Å². The Morgan fingerprint density at radius 2 is 1.82 bits per heavy atom. The topological polar surface area (TPSA) is 98.5 Å². The third-order valence-corrected chi connectivity index (χ3v) is 5.26. The lowest BCUT2D eigenvalue weighted by Gasteiger charge is -2.27. The van der Waals surface area contributed by atoms with Gasteiger partial charge >= 0.3 is 5.97 Å². The summed E-state index contributed by atoms with van der Waals surface area (Å²) in [6, 6.07) is 13.2. The molecule has 146 valence electrons. The van der Waals surface area contributed by atoms with E-state index in [2.05, 4.69) is 5.32 Å². The number of hydrogen-bond donors (Lipinski definition) is 1. The van der Waals surface area contributed by atoms with Crippen molar-refractivity contribution in [3.8, 4) is 0 Å². The predicted octanol–water partition coefficient (Wildman–Crippen LogP) is 4.24. The van der Waals surface area contributed by atoms with Gasteiger partial charge in [-0.15, -0.1) is 0 Å². The zero-order valence-corrected chi connectivity index (χ0v) is 15.8. The van der Waals surface area contributed by atoms with E-state index in [0.717, 1.165) is 24.5 Å². The number of nitro benzene ring substituents is 1. The second kappa shape index (κ2) is 8.39. The number of carbonyl (C=O) groups is 2. The van der Waals surface area contributed by atoms with Crippen LogP contribution in [-0.4, -0.2) is 23.4 Å². The molecule has 0 aliphatic heterocycles. The molecule has 0 radical (unpaired) electrons. The first-order valence-corrected chi connectivity index (χ1v) is 9.27. The van der Waals surface area contributed by atoms with Gasteiger partial charge in [-0.2, -0.15) is 0 Å². The van der Waals surface area contributed by atoms with Crippen molar-refractivity contribution in [2.75, 3.05) is 11.9 Å². The van der Waals surface area contributed by atoms with Crippen LogP contribution >= 0.6 is 11.6 Å². The van der Waals surface area contributed by atoms with Crippen molar-refractivity contribution < 1.29 is 19.2 Å². The van der Waals surface area contributed by atoms with E-state index in [1.54, 1.807) is 0 Å². The van der Waals surface area contributed by atoms with Gasteiger partial charge in [-0.3, -0.25) is 19.7 Å². The lowest BCUT2D eigenvalue weighted by atomic mass is 9.79. The quantitative estimate of drug-likeness (QED) is 0.442. The number of amides is 1. The monoisotopic (exact) mass is 402 g/mol. The van der Waals surface area contributed by atoms with Crippen molar-refractivity contribution in [2.45, 2.75) is 31.1 Å². The standard InChI is InChI=1S/C20H19ClN2O5/c21-16-12-15(23(26)27)8-9-17(16)22-18(24)13-28-19(25)20(10-4-5-11-20)14-6-2-1-3-7-14/h1-3,6-9,12H,4-5,10-11,13H2,(H,22,24). The summed E-state index contributed by atoms with van der Waals surface area (Å²) < 4.78 is 5.32. The molecule has 28 heavy (non-hydrogen) atoms. The summed E-state index contributed by atoms with van der Waals surface area (Å²) in [4.78, 5) is 35.1. The smallest absolute Gasteiger partial charge is 0.317 e. The number of non-ortho nitro benzene ring substituents is 1. The summed E-state index contributed by atoms with van der Waals surface area (Å²) in [6.07, 6.45) is 3.22. The highest BCUT2D eigenvalue weighted by Crippen LogP contribution is 2.42. The van der Waals surface area contributed by atoms with Crippen LogP contribution in [0.25, 0.3) is 0 Å². The van der Waals surface area contributed by atoms with E-state index in [4.69, 9.17) is 16.3 Å². The summed E-state index contributed by atoms with van der Waals surface area (Å²) >= 11 is 5.96. The Hall–Kier alpha value is -2.93. The van der Waals surface area contributed by atoms with Crippen LogP contribution in [0.5, 0.6) is 0 Å². The van der Waals surface area contributed by atoms with Crippen molar-refractivity contribution in [2.24, 2.45) is 0 Å². The van der Waals surface area contributed by atoms with Crippen molar-refractivity contribution in [1.29, 1.82) is 0 Å². The van der Waals surface area contributed by atoms with Gasteiger partial charge in [0.15, 0.2) is 6.61 Å². The van der Waals surface area contributed by atoms with Crippen LogP contribution in [0.3, 0.4) is 0 Å². The van der Waals surface area contributed by atoms with Gasteiger partial charge in [0.25, 0.3) is 11.6 Å². The minimum absolute atomic E-state index is 0.0328. The highest BCUT2D eigenvalue weighted by atomic mass is 35.5. The predicted molar refractivity (Wildman–Crippen MR) is 104 cm³/mol. The van der Waals surface area contributed by atoms with Crippen molar-refractivity contribution in [3.05, 3.63) is 69.2 Å². The van der Waals surface area contributed by atoms with Gasteiger partial charge in [0.1, 0.15) is 0 Å². The average Bonchev–Trinajstić information content (AvgIpc) is 3.19. The highest BCUT2D eigenvalue weighted by molar-refractivity contribution is 6.34. The van der Waals surface area contributed by atoms with Gasteiger partial charge < -0.3 is 10.1 Å². The molecule has 2 aromatic carbocycles. The largest absolute Gasteiger partial charge is 0.455 e. The number of nitrogens with zero attached hydrogens (tertiary/aromatic N) is 1. The van der Waals surface area contributed by atoms with Crippen LogP contribution in [0, 0.1) is 10.1 Å². The minimum Gasteiger partial charge on any atom is -0.455 e. The lowest BCUT2D eigenvalue weighted by Crippen LogP contribution is -2.36. The van der Waals surface area contributed by atoms with Gasteiger partial charge in [0.05, 0.1) is 21.0 Å². The normalized spacial score (nSPS) is 15.0. The van der Waals surface area contributed by atoms with Crippen LogP contribution in [0.2, 0.25) is 5.02 Å². The maximum atomic E-state index is 12.8. The number of benzene rings is 2. The zero-order chi connectivity index (χ0) is 20.1. The fraction of sp³-hybridized carbons (Fsp3) is 0.300. The number of hydrogen-bond acceptors (Lipinski definition) is 5. The molecule has 1 amide bonds. The second-order valence-corrected chi connectivity index (χ2v) is 7.11. The molecule has 1 N–H and O–H groups in total. The SMILES string of the molecule is O=C(COC(=O)C1(c2ccccc2)CCCC1)Nc1ccc([N+](=O)[O-])cc1Cl. The first kappa shape index (κ1) is 19.8.